The van der Waals surface area contributed by atoms with Gasteiger partial charge in [-0.15, -0.1) is 24.0 Å². The van der Waals surface area contributed by atoms with Crippen LogP contribution in [-0.2, 0) is 18.5 Å². The third-order valence-corrected chi connectivity index (χ3v) is 3.52. The summed E-state index contributed by atoms with van der Waals surface area (Å²) in [5.74, 6) is 1.97. The van der Waals surface area contributed by atoms with E-state index in [2.05, 4.69) is 42.6 Å². The van der Waals surface area contributed by atoms with Crippen molar-refractivity contribution in [3.05, 3.63) is 34.1 Å². The Hall–Kier alpha value is -1.16. The van der Waals surface area contributed by atoms with Crippen LogP contribution in [0.4, 0.5) is 0 Å². The Morgan fingerprint density at radius 3 is 2.59 bits per heavy atom. The molecule has 122 valence electrons. The predicted molar refractivity (Wildman–Crippen MR) is 99.8 cm³/mol. The first-order chi connectivity index (χ1) is 9.99. The highest BCUT2D eigenvalue weighted by atomic mass is 127. The third-order valence-electron chi connectivity index (χ3n) is 2.79. The maximum absolute atomic E-state index is 5.25. The van der Waals surface area contributed by atoms with Gasteiger partial charge in [0.15, 0.2) is 11.8 Å². The molecule has 6 nitrogen and oxygen atoms in total. The fourth-order valence-corrected chi connectivity index (χ4v) is 2.26. The van der Waals surface area contributed by atoms with Gasteiger partial charge in [0.25, 0.3) is 0 Å². The summed E-state index contributed by atoms with van der Waals surface area (Å²) in [6.45, 7) is 7.34. The summed E-state index contributed by atoms with van der Waals surface area (Å²) < 4.78 is 5.25. The van der Waals surface area contributed by atoms with E-state index in [0.29, 0.717) is 24.2 Å². The maximum Gasteiger partial charge on any atom is 0.232 e. The molecule has 0 aromatic carbocycles. The number of nitrogens with one attached hydrogen (secondary N) is 2. The zero-order valence-corrected chi connectivity index (χ0v) is 16.4. The molecule has 2 rings (SSSR count). The monoisotopic (exact) mass is 435 g/mol. The van der Waals surface area contributed by atoms with Crippen LogP contribution in [0.15, 0.2) is 26.3 Å². The summed E-state index contributed by atoms with van der Waals surface area (Å²) in [5.41, 5.74) is 1.10. The van der Waals surface area contributed by atoms with Crippen molar-refractivity contribution in [1.82, 2.24) is 20.8 Å². The standard InChI is InChI=1S/C14H21N5OS.HI/c1-14(2,3)12-18-11(19-20-12)8-17-13(15-4)16-7-10-5-6-21-9-10;/h5-6,9H,7-8H2,1-4H3,(H2,15,16,17);1H. The number of hydrogen-bond donors (Lipinski definition) is 2. The largest absolute Gasteiger partial charge is 0.352 e. The van der Waals surface area contributed by atoms with Gasteiger partial charge in [0.2, 0.25) is 5.89 Å². The summed E-state index contributed by atoms with van der Waals surface area (Å²) in [4.78, 5) is 8.55. The topological polar surface area (TPSA) is 75.3 Å². The lowest BCUT2D eigenvalue weighted by Crippen LogP contribution is -2.36. The zero-order valence-electron chi connectivity index (χ0n) is 13.2. The molecule has 0 aliphatic rings. The molecule has 0 saturated carbocycles. The highest BCUT2D eigenvalue weighted by Gasteiger charge is 2.21. The Kier molecular flexibility index (Phi) is 7.27. The predicted octanol–water partition coefficient (Wildman–Crippen LogP) is 2.91. The Morgan fingerprint density at radius 1 is 1.32 bits per heavy atom. The molecule has 0 fully saturated rings. The van der Waals surface area contributed by atoms with Crippen LogP contribution in [0.2, 0.25) is 0 Å². The molecule has 2 aromatic heterocycles. The fourth-order valence-electron chi connectivity index (χ4n) is 1.59. The highest BCUT2D eigenvalue weighted by molar-refractivity contribution is 14.0. The molecule has 8 heteroatoms. The van der Waals surface area contributed by atoms with Crippen molar-refractivity contribution in [2.45, 2.75) is 39.3 Å². The minimum absolute atomic E-state index is 0. The summed E-state index contributed by atoms with van der Waals surface area (Å²) in [5, 5.41) is 14.5. The summed E-state index contributed by atoms with van der Waals surface area (Å²) in [7, 11) is 1.74. The van der Waals surface area contributed by atoms with Gasteiger partial charge in [-0.05, 0) is 22.4 Å². The summed E-state index contributed by atoms with van der Waals surface area (Å²) >= 11 is 1.68. The highest BCUT2D eigenvalue weighted by Crippen LogP contribution is 2.19. The lowest BCUT2D eigenvalue weighted by Gasteiger charge is -2.11. The van der Waals surface area contributed by atoms with E-state index in [-0.39, 0.29) is 29.4 Å². The van der Waals surface area contributed by atoms with E-state index in [1.807, 2.05) is 20.8 Å². The van der Waals surface area contributed by atoms with Crippen LogP contribution in [0, 0.1) is 0 Å². The van der Waals surface area contributed by atoms with Gasteiger partial charge < -0.3 is 15.2 Å². The van der Waals surface area contributed by atoms with E-state index in [4.69, 9.17) is 4.52 Å². The van der Waals surface area contributed by atoms with E-state index < -0.39 is 0 Å². The number of nitrogens with zero attached hydrogens (tertiary/aromatic N) is 3. The van der Waals surface area contributed by atoms with Crippen molar-refractivity contribution in [3.8, 4) is 0 Å². The first kappa shape index (κ1) is 18.9. The maximum atomic E-state index is 5.25. The van der Waals surface area contributed by atoms with Crippen LogP contribution >= 0.6 is 35.3 Å². The van der Waals surface area contributed by atoms with Crippen LogP contribution in [-0.4, -0.2) is 23.1 Å². The molecular formula is C14H22IN5OS. The molecule has 0 bridgehead atoms. The number of aliphatic imine (C=N–C) groups is 1. The van der Waals surface area contributed by atoms with Crippen molar-refractivity contribution in [1.29, 1.82) is 0 Å². The molecule has 0 amide bonds. The van der Waals surface area contributed by atoms with Crippen molar-refractivity contribution in [3.63, 3.8) is 0 Å². The van der Waals surface area contributed by atoms with E-state index in [1.54, 1.807) is 18.4 Å². The Morgan fingerprint density at radius 2 is 2.05 bits per heavy atom. The second-order valence-electron chi connectivity index (χ2n) is 5.68. The molecule has 2 aromatic rings. The number of hydrogen-bond acceptors (Lipinski definition) is 5. The van der Waals surface area contributed by atoms with Gasteiger partial charge in [-0.25, -0.2) is 0 Å². The van der Waals surface area contributed by atoms with Crippen LogP contribution in [0.3, 0.4) is 0 Å². The van der Waals surface area contributed by atoms with Crippen LogP contribution in [0.5, 0.6) is 0 Å². The number of thiophene rings is 1. The minimum Gasteiger partial charge on any atom is -0.352 e. The minimum atomic E-state index is -0.135. The van der Waals surface area contributed by atoms with E-state index in [1.165, 1.54) is 5.56 Å². The molecular weight excluding hydrogens is 413 g/mol. The molecule has 2 heterocycles. The second kappa shape index (κ2) is 8.47. The van der Waals surface area contributed by atoms with Gasteiger partial charge in [0, 0.05) is 19.0 Å². The van der Waals surface area contributed by atoms with Gasteiger partial charge in [-0.2, -0.15) is 16.3 Å². The molecule has 22 heavy (non-hydrogen) atoms. The fraction of sp³-hybridized carbons (Fsp3) is 0.500. The van der Waals surface area contributed by atoms with Crippen LogP contribution < -0.4 is 10.6 Å². The SMILES string of the molecule is CN=C(NCc1ccsc1)NCc1noc(C(C)(C)C)n1.I. The molecule has 0 aliphatic carbocycles. The average molecular weight is 435 g/mol. The number of guanidine groups is 1. The molecule has 2 N–H and O–H groups in total. The normalized spacial score (nSPS) is 11.9. The van der Waals surface area contributed by atoms with Crippen LogP contribution in [0.25, 0.3) is 0 Å². The molecule has 0 radical (unpaired) electrons. The average Bonchev–Trinajstić information content (AvgIpc) is 3.09. The summed E-state index contributed by atoms with van der Waals surface area (Å²) in [6, 6.07) is 2.08. The number of rotatable bonds is 4. The Balaban J connectivity index is 0.00000242. The number of halogens is 1. The molecule has 0 atom stereocenters. The second-order valence-corrected chi connectivity index (χ2v) is 6.46. The zero-order chi connectivity index (χ0) is 15.3. The van der Waals surface area contributed by atoms with Gasteiger partial charge in [-0.1, -0.05) is 25.9 Å². The van der Waals surface area contributed by atoms with Gasteiger partial charge in [0.05, 0.1) is 6.54 Å². The van der Waals surface area contributed by atoms with E-state index >= 15 is 0 Å². The van der Waals surface area contributed by atoms with Gasteiger partial charge >= 0.3 is 0 Å². The smallest absolute Gasteiger partial charge is 0.232 e. The summed E-state index contributed by atoms with van der Waals surface area (Å²) in [6.07, 6.45) is 0. The van der Waals surface area contributed by atoms with Crippen molar-refractivity contribution in [2.24, 2.45) is 4.99 Å². The van der Waals surface area contributed by atoms with Gasteiger partial charge in [0.1, 0.15) is 0 Å². The lowest BCUT2D eigenvalue weighted by atomic mass is 9.97. The molecule has 0 unspecified atom stereocenters. The van der Waals surface area contributed by atoms with Crippen molar-refractivity contribution in [2.75, 3.05) is 7.05 Å². The third kappa shape index (κ3) is 5.56. The molecule has 0 saturated heterocycles. The first-order valence-electron chi connectivity index (χ1n) is 6.77. The number of aromatic nitrogens is 2. The van der Waals surface area contributed by atoms with Crippen molar-refractivity contribution >= 4 is 41.3 Å². The Bertz CT molecular complexity index is 589. The quantitative estimate of drug-likeness (QED) is 0.439. The van der Waals surface area contributed by atoms with E-state index in [0.717, 1.165) is 6.54 Å². The lowest BCUT2D eigenvalue weighted by molar-refractivity contribution is 0.318. The molecule has 0 aliphatic heterocycles. The van der Waals surface area contributed by atoms with E-state index in [9.17, 15) is 0 Å². The Labute approximate surface area is 151 Å². The first-order valence-corrected chi connectivity index (χ1v) is 7.72. The van der Waals surface area contributed by atoms with Crippen LogP contribution in [0.1, 0.15) is 38.0 Å². The molecule has 0 spiro atoms. The van der Waals surface area contributed by atoms with Gasteiger partial charge in [-0.3, -0.25) is 4.99 Å². The van der Waals surface area contributed by atoms with Crippen molar-refractivity contribution < 1.29 is 4.52 Å².